The fourth-order valence-corrected chi connectivity index (χ4v) is 3.87. The molecule has 146 valence electrons. The number of carboxylic acids is 2. The minimum atomic E-state index is -1.63. The summed E-state index contributed by atoms with van der Waals surface area (Å²) in [5.74, 6) is -3.65. The number of nitro groups is 1. The molecule has 0 bridgehead atoms. The molecular weight excluding hydrogens is 432 g/mol. The van der Waals surface area contributed by atoms with Crippen LogP contribution in [0.2, 0.25) is 0 Å². The third kappa shape index (κ3) is 5.15. The van der Waals surface area contributed by atoms with Gasteiger partial charge in [-0.15, -0.1) is 0 Å². The second-order valence-corrected chi connectivity index (χ2v) is 7.49. The van der Waals surface area contributed by atoms with Crippen LogP contribution in [0.1, 0.15) is 12.0 Å². The second kappa shape index (κ2) is 8.95. The zero-order chi connectivity index (χ0) is 21.0. The Kier molecular flexibility index (Phi) is 6.89. The lowest BCUT2D eigenvalue weighted by molar-refractivity contribution is -0.384. The van der Waals surface area contributed by atoms with Gasteiger partial charge in [-0.1, -0.05) is 35.6 Å². The molecule has 1 saturated heterocycles. The maximum atomic E-state index is 12.5. The van der Waals surface area contributed by atoms with E-state index in [9.17, 15) is 29.6 Å². The number of rotatable bonds is 7. The van der Waals surface area contributed by atoms with Crippen LogP contribution in [-0.2, 0) is 14.4 Å². The van der Waals surface area contributed by atoms with E-state index in [2.05, 4.69) is 0 Å². The first-order valence-corrected chi connectivity index (χ1v) is 9.03. The van der Waals surface area contributed by atoms with Crippen LogP contribution in [0, 0.1) is 10.1 Å². The molecule has 9 nitrogen and oxygen atoms in total. The minimum Gasteiger partial charge on any atom is -0.481 e. The number of nitrogens with zero attached hydrogens (tertiary/aromatic N) is 2. The van der Waals surface area contributed by atoms with Gasteiger partial charge in [-0.05, 0) is 29.8 Å². The molecule has 0 unspecified atom stereocenters. The number of nitro benzene ring substituents is 1. The van der Waals surface area contributed by atoms with Crippen LogP contribution in [0.5, 0.6) is 0 Å². The number of benzene rings is 1. The Morgan fingerprint density at radius 3 is 2.43 bits per heavy atom. The van der Waals surface area contributed by atoms with E-state index in [-0.39, 0.29) is 19.9 Å². The summed E-state index contributed by atoms with van der Waals surface area (Å²) >= 11 is 11.9. The van der Waals surface area contributed by atoms with Crippen molar-refractivity contribution in [3.05, 3.63) is 56.0 Å². The van der Waals surface area contributed by atoms with E-state index in [1.54, 1.807) is 0 Å². The lowest BCUT2D eigenvalue weighted by Crippen LogP contribution is -2.45. The molecule has 1 aliphatic rings. The number of carbonyl (C=O) groups excluding carboxylic acids is 1. The lowest BCUT2D eigenvalue weighted by atomic mass is 10.1. The molecule has 28 heavy (non-hydrogen) atoms. The van der Waals surface area contributed by atoms with Crippen molar-refractivity contribution in [1.29, 1.82) is 0 Å². The highest BCUT2D eigenvalue weighted by Gasteiger charge is 2.41. The highest BCUT2D eigenvalue weighted by atomic mass is 35.5. The number of hydrogen-bond acceptors (Lipinski definition) is 7. The molecule has 1 fully saturated rings. The fourth-order valence-electron chi connectivity index (χ4n) is 2.22. The van der Waals surface area contributed by atoms with Crippen molar-refractivity contribution in [1.82, 2.24) is 4.90 Å². The maximum absolute atomic E-state index is 12.5. The number of allylic oxidation sites excluding steroid dienone is 2. The number of non-ortho nitro benzene ring substituents is 1. The summed E-state index contributed by atoms with van der Waals surface area (Å²) in [6.45, 7) is 0. The summed E-state index contributed by atoms with van der Waals surface area (Å²) in [6, 6.07) is 3.88. The quantitative estimate of drug-likeness (QED) is 0.282. The van der Waals surface area contributed by atoms with Gasteiger partial charge in [0.1, 0.15) is 10.4 Å². The van der Waals surface area contributed by atoms with E-state index < -0.39 is 35.2 Å². The first-order valence-electron chi connectivity index (χ1n) is 7.43. The molecule has 12 heteroatoms. The highest BCUT2D eigenvalue weighted by Crippen LogP contribution is 2.34. The van der Waals surface area contributed by atoms with Gasteiger partial charge in [-0.2, -0.15) is 0 Å². The first kappa shape index (κ1) is 21.5. The summed E-state index contributed by atoms with van der Waals surface area (Å²) in [6.07, 6.45) is 1.91. The Labute approximate surface area is 172 Å². The molecule has 1 aliphatic heterocycles. The number of halogens is 1. The maximum Gasteiger partial charge on any atom is 0.327 e. The number of carboxylic acid groups (broad SMARTS) is 2. The van der Waals surface area contributed by atoms with Gasteiger partial charge in [0.25, 0.3) is 11.6 Å². The standard InChI is InChI=1S/C16H11ClN2O7S2/c17-9(5-8-1-3-10(4-2-8)19(25)26)6-12-14(22)18(16(27)28-12)11(15(23)24)7-13(20)21/h1-6,11H,7H2,(H,20,21)(H,23,24)/b9-5-,12-6-/t11-/m1/s1. The fraction of sp³-hybridized carbons (Fsp3) is 0.125. The van der Waals surface area contributed by atoms with Crippen LogP contribution in [0.25, 0.3) is 6.08 Å². The number of thiocarbonyl (C=S) groups is 1. The van der Waals surface area contributed by atoms with Crippen LogP contribution in [0.3, 0.4) is 0 Å². The summed E-state index contributed by atoms with van der Waals surface area (Å²) in [5.41, 5.74) is 0.448. The Balaban J connectivity index is 2.25. The second-order valence-electron chi connectivity index (χ2n) is 5.38. The van der Waals surface area contributed by atoms with Crippen molar-refractivity contribution >= 4 is 69.5 Å². The van der Waals surface area contributed by atoms with Crippen LogP contribution in [-0.4, -0.2) is 48.2 Å². The Morgan fingerprint density at radius 1 is 1.32 bits per heavy atom. The van der Waals surface area contributed by atoms with E-state index in [0.29, 0.717) is 5.56 Å². The van der Waals surface area contributed by atoms with E-state index in [1.165, 1.54) is 36.4 Å². The van der Waals surface area contributed by atoms with Crippen molar-refractivity contribution in [2.24, 2.45) is 0 Å². The molecular formula is C16H11ClN2O7S2. The van der Waals surface area contributed by atoms with Gasteiger partial charge in [0, 0.05) is 17.2 Å². The molecule has 1 aromatic carbocycles. The van der Waals surface area contributed by atoms with E-state index in [4.69, 9.17) is 28.9 Å². The van der Waals surface area contributed by atoms with Gasteiger partial charge in [0.05, 0.1) is 16.2 Å². The largest absolute Gasteiger partial charge is 0.481 e. The van der Waals surface area contributed by atoms with E-state index in [1.807, 2.05) is 0 Å². The molecule has 0 aliphatic carbocycles. The Morgan fingerprint density at radius 2 is 1.93 bits per heavy atom. The highest BCUT2D eigenvalue weighted by molar-refractivity contribution is 8.26. The van der Waals surface area contributed by atoms with E-state index >= 15 is 0 Å². The van der Waals surface area contributed by atoms with Gasteiger partial charge in [0.2, 0.25) is 0 Å². The number of thioether (sulfide) groups is 1. The van der Waals surface area contributed by atoms with Crippen molar-refractivity contribution in [3.63, 3.8) is 0 Å². The van der Waals surface area contributed by atoms with Crippen LogP contribution < -0.4 is 0 Å². The Bertz CT molecular complexity index is 927. The monoisotopic (exact) mass is 442 g/mol. The smallest absolute Gasteiger partial charge is 0.327 e. The average molecular weight is 443 g/mol. The molecule has 0 aromatic heterocycles. The molecule has 2 N–H and O–H groups in total. The Hall–Kier alpha value is -2.76. The van der Waals surface area contributed by atoms with Crippen molar-refractivity contribution in [2.45, 2.75) is 12.5 Å². The minimum absolute atomic E-state index is 0.0322. The number of aliphatic carboxylic acids is 2. The summed E-state index contributed by atoms with van der Waals surface area (Å²) in [7, 11) is 0. The van der Waals surface area contributed by atoms with E-state index in [0.717, 1.165) is 16.7 Å². The number of amides is 1. The molecule has 1 atom stereocenters. The predicted octanol–water partition coefficient (Wildman–Crippen LogP) is 2.85. The van der Waals surface area contributed by atoms with Gasteiger partial charge in [0.15, 0.2) is 0 Å². The van der Waals surface area contributed by atoms with Crippen LogP contribution in [0.4, 0.5) is 5.69 Å². The summed E-state index contributed by atoms with van der Waals surface area (Å²) < 4.78 is -0.0929. The van der Waals surface area contributed by atoms with Gasteiger partial charge >= 0.3 is 11.9 Å². The average Bonchev–Trinajstić information content (AvgIpc) is 2.86. The number of carbonyl (C=O) groups is 3. The molecule has 2 rings (SSSR count). The number of hydrogen-bond donors (Lipinski definition) is 2. The molecule has 1 aromatic rings. The lowest BCUT2D eigenvalue weighted by Gasteiger charge is -2.21. The van der Waals surface area contributed by atoms with Crippen molar-refractivity contribution < 1.29 is 29.5 Å². The predicted molar refractivity (Wildman–Crippen MR) is 106 cm³/mol. The van der Waals surface area contributed by atoms with Gasteiger partial charge in [-0.3, -0.25) is 24.6 Å². The first-order chi connectivity index (χ1) is 13.1. The van der Waals surface area contributed by atoms with Crippen molar-refractivity contribution in [3.8, 4) is 0 Å². The zero-order valence-corrected chi connectivity index (χ0v) is 16.2. The molecule has 0 radical (unpaired) electrons. The SMILES string of the molecule is O=C(O)C[C@H](C(=O)O)N1C(=O)/C(=C/C(Cl)=C/c2ccc([N+](=O)[O-])cc2)SC1=S. The van der Waals surface area contributed by atoms with Crippen LogP contribution in [0.15, 0.2) is 40.3 Å². The third-order valence-electron chi connectivity index (χ3n) is 3.47. The zero-order valence-electron chi connectivity index (χ0n) is 13.8. The molecule has 0 saturated carbocycles. The van der Waals surface area contributed by atoms with Gasteiger partial charge < -0.3 is 10.2 Å². The topological polar surface area (TPSA) is 138 Å². The normalized spacial score (nSPS) is 17.1. The van der Waals surface area contributed by atoms with Crippen LogP contribution >= 0.6 is 35.6 Å². The third-order valence-corrected chi connectivity index (χ3v) is 5.01. The molecule has 1 amide bonds. The molecule has 0 spiro atoms. The molecule has 1 heterocycles. The van der Waals surface area contributed by atoms with Crippen molar-refractivity contribution in [2.75, 3.05) is 0 Å². The van der Waals surface area contributed by atoms with Gasteiger partial charge in [-0.25, -0.2) is 4.79 Å². The summed E-state index contributed by atoms with van der Waals surface area (Å²) in [5, 5.41) is 28.8. The summed E-state index contributed by atoms with van der Waals surface area (Å²) in [4.78, 5) is 45.6.